The zero-order valence-electron chi connectivity index (χ0n) is 7.91. The first-order valence-corrected chi connectivity index (χ1v) is 6.59. The van der Waals surface area contributed by atoms with Crippen LogP contribution >= 0.6 is 0 Å². The quantitative estimate of drug-likeness (QED) is 0.656. The second kappa shape index (κ2) is 4.93. The van der Waals surface area contributed by atoms with Crippen molar-refractivity contribution in [2.45, 2.75) is 12.8 Å². The van der Waals surface area contributed by atoms with E-state index in [4.69, 9.17) is 5.73 Å². The van der Waals surface area contributed by atoms with Crippen LogP contribution in [0.15, 0.2) is 0 Å². The normalized spacial score (nSPS) is 19.5. The Morgan fingerprint density at radius 2 is 1.77 bits per heavy atom. The third kappa shape index (κ3) is 4.06. The molecule has 1 saturated heterocycles. The van der Waals surface area contributed by atoms with E-state index in [-0.39, 0.29) is 18.1 Å². The van der Waals surface area contributed by atoms with Gasteiger partial charge in [-0.25, -0.2) is 8.42 Å². The van der Waals surface area contributed by atoms with E-state index in [9.17, 15) is 8.42 Å². The van der Waals surface area contributed by atoms with Gasteiger partial charge in [-0.15, -0.1) is 0 Å². The molecular formula is C8H18N2O2S. The Balaban J connectivity index is 2.24. The van der Waals surface area contributed by atoms with Crippen molar-refractivity contribution in [1.29, 1.82) is 0 Å². The van der Waals surface area contributed by atoms with Crippen LogP contribution in [0.3, 0.4) is 0 Å². The maximum atomic E-state index is 11.3. The molecular weight excluding hydrogens is 188 g/mol. The van der Waals surface area contributed by atoms with Crippen molar-refractivity contribution in [1.82, 2.24) is 4.90 Å². The van der Waals surface area contributed by atoms with Gasteiger partial charge in [-0.05, 0) is 25.9 Å². The Hall–Kier alpha value is -0.130. The molecule has 0 bridgehead atoms. The van der Waals surface area contributed by atoms with Gasteiger partial charge in [0.05, 0.1) is 11.5 Å². The zero-order valence-corrected chi connectivity index (χ0v) is 8.72. The van der Waals surface area contributed by atoms with Gasteiger partial charge in [-0.1, -0.05) is 0 Å². The predicted octanol–water partition coefficient (Wildman–Crippen LogP) is -0.544. The molecule has 0 radical (unpaired) electrons. The van der Waals surface area contributed by atoms with Crippen LogP contribution in [0.25, 0.3) is 0 Å². The molecule has 0 atom stereocenters. The van der Waals surface area contributed by atoms with Crippen molar-refractivity contribution in [2.24, 2.45) is 5.73 Å². The molecule has 0 aliphatic carbocycles. The van der Waals surface area contributed by atoms with Crippen LogP contribution in [0.4, 0.5) is 0 Å². The number of nitrogens with two attached hydrogens (primary N) is 1. The zero-order chi connectivity index (χ0) is 9.73. The smallest absolute Gasteiger partial charge is 0.152 e. The van der Waals surface area contributed by atoms with Gasteiger partial charge in [-0.3, -0.25) is 0 Å². The van der Waals surface area contributed by atoms with Gasteiger partial charge in [0.2, 0.25) is 0 Å². The van der Waals surface area contributed by atoms with Crippen molar-refractivity contribution < 1.29 is 8.42 Å². The second-order valence-corrected chi connectivity index (χ2v) is 5.79. The lowest BCUT2D eigenvalue weighted by Crippen LogP contribution is -2.29. The van der Waals surface area contributed by atoms with Crippen molar-refractivity contribution in [3.8, 4) is 0 Å². The topological polar surface area (TPSA) is 63.4 Å². The summed E-state index contributed by atoms with van der Waals surface area (Å²) in [6, 6.07) is 0. The summed E-state index contributed by atoms with van der Waals surface area (Å²) in [5, 5.41) is 0. The van der Waals surface area contributed by atoms with E-state index in [0.717, 1.165) is 13.1 Å². The van der Waals surface area contributed by atoms with Crippen LogP contribution in [-0.2, 0) is 9.84 Å². The molecule has 0 saturated carbocycles. The fourth-order valence-electron chi connectivity index (χ4n) is 1.56. The minimum absolute atomic E-state index is 0.126. The fourth-order valence-corrected chi connectivity index (χ4v) is 2.66. The largest absolute Gasteiger partial charge is 0.329 e. The lowest BCUT2D eigenvalue weighted by atomic mass is 10.4. The number of sulfone groups is 1. The molecule has 4 nitrogen and oxygen atoms in total. The summed E-state index contributed by atoms with van der Waals surface area (Å²) in [6.45, 7) is 3.03. The number of likely N-dealkylation sites (tertiary alicyclic amines) is 1. The maximum Gasteiger partial charge on any atom is 0.152 e. The summed E-state index contributed by atoms with van der Waals surface area (Å²) in [7, 11) is -2.89. The summed E-state index contributed by atoms with van der Waals surface area (Å²) >= 11 is 0. The minimum atomic E-state index is -2.89. The molecule has 13 heavy (non-hydrogen) atoms. The van der Waals surface area contributed by atoms with Gasteiger partial charge in [0.15, 0.2) is 9.84 Å². The average molecular weight is 206 g/mol. The van der Waals surface area contributed by atoms with Crippen LogP contribution < -0.4 is 5.73 Å². The molecule has 0 amide bonds. The van der Waals surface area contributed by atoms with Crippen molar-refractivity contribution in [2.75, 3.05) is 37.7 Å². The summed E-state index contributed by atoms with van der Waals surface area (Å²) in [5.41, 5.74) is 5.21. The van der Waals surface area contributed by atoms with E-state index in [2.05, 4.69) is 4.90 Å². The van der Waals surface area contributed by atoms with E-state index < -0.39 is 9.84 Å². The molecule has 1 rings (SSSR count). The van der Waals surface area contributed by atoms with Gasteiger partial charge in [0, 0.05) is 13.1 Å². The first-order chi connectivity index (χ1) is 6.14. The monoisotopic (exact) mass is 206 g/mol. The Morgan fingerprint density at radius 1 is 1.15 bits per heavy atom. The lowest BCUT2D eigenvalue weighted by Gasteiger charge is -2.13. The summed E-state index contributed by atoms with van der Waals surface area (Å²) < 4.78 is 22.6. The van der Waals surface area contributed by atoms with Gasteiger partial charge in [0.1, 0.15) is 0 Å². The van der Waals surface area contributed by atoms with Crippen molar-refractivity contribution in [3.05, 3.63) is 0 Å². The molecule has 2 N–H and O–H groups in total. The molecule has 0 aromatic carbocycles. The van der Waals surface area contributed by atoms with E-state index in [0.29, 0.717) is 6.54 Å². The Labute approximate surface area is 80.0 Å². The van der Waals surface area contributed by atoms with Crippen molar-refractivity contribution in [3.63, 3.8) is 0 Å². The average Bonchev–Trinajstić information content (AvgIpc) is 2.52. The first kappa shape index (κ1) is 10.9. The molecule has 1 heterocycles. The molecule has 78 valence electrons. The van der Waals surface area contributed by atoms with Crippen LogP contribution in [0.2, 0.25) is 0 Å². The number of hydrogen-bond donors (Lipinski definition) is 1. The summed E-state index contributed by atoms with van der Waals surface area (Å²) in [4.78, 5) is 2.20. The third-order valence-electron chi connectivity index (χ3n) is 2.35. The molecule has 0 aromatic heterocycles. The van der Waals surface area contributed by atoms with Crippen LogP contribution in [0.1, 0.15) is 12.8 Å². The molecule has 5 heteroatoms. The van der Waals surface area contributed by atoms with Crippen LogP contribution in [-0.4, -0.2) is 51.0 Å². The SMILES string of the molecule is NCCS(=O)(=O)CCN1CCCC1. The second-order valence-electron chi connectivity index (χ2n) is 3.49. The van der Waals surface area contributed by atoms with Crippen LogP contribution in [0.5, 0.6) is 0 Å². The van der Waals surface area contributed by atoms with E-state index in [1.807, 2.05) is 0 Å². The van der Waals surface area contributed by atoms with Gasteiger partial charge >= 0.3 is 0 Å². The molecule has 0 aromatic rings. The molecule has 0 spiro atoms. The molecule has 0 unspecified atom stereocenters. The van der Waals surface area contributed by atoms with E-state index in [1.165, 1.54) is 12.8 Å². The highest BCUT2D eigenvalue weighted by Gasteiger charge is 2.15. The van der Waals surface area contributed by atoms with Gasteiger partial charge < -0.3 is 10.6 Å². The molecule has 1 aliphatic rings. The Bertz CT molecular complexity index is 233. The Morgan fingerprint density at radius 3 is 2.31 bits per heavy atom. The highest BCUT2D eigenvalue weighted by Crippen LogP contribution is 2.06. The van der Waals surface area contributed by atoms with Gasteiger partial charge in [-0.2, -0.15) is 0 Å². The van der Waals surface area contributed by atoms with E-state index >= 15 is 0 Å². The fraction of sp³-hybridized carbons (Fsp3) is 1.00. The van der Waals surface area contributed by atoms with E-state index in [1.54, 1.807) is 0 Å². The van der Waals surface area contributed by atoms with Gasteiger partial charge in [0.25, 0.3) is 0 Å². The van der Waals surface area contributed by atoms with Crippen LogP contribution in [0, 0.1) is 0 Å². The highest BCUT2D eigenvalue weighted by atomic mass is 32.2. The molecule has 1 fully saturated rings. The lowest BCUT2D eigenvalue weighted by molar-refractivity contribution is 0.359. The number of hydrogen-bond acceptors (Lipinski definition) is 4. The predicted molar refractivity (Wildman–Crippen MR) is 53.4 cm³/mol. The third-order valence-corrected chi connectivity index (χ3v) is 4.01. The van der Waals surface area contributed by atoms with Crippen molar-refractivity contribution >= 4 is 9.84 Å². The summed E-state index contributed by atoms with van der Waals surface area (Å²) in [5.74, 6) is 0.394. The number of nitrogens with zero attached hydrogens (tertiary/aromatic N) is 1. The number of rotatable bonds is 5. The first-order valence-electron chi connectivity index (χ1n) is 4.77. The maximum absolute atomic E-state index is 11.3. The molecule has 1 aliphatic heterocycles. The standard InChI is InChI=1S/C8H18N2O2S/c9-3-7-13(11,12)8-6-10-4-1-2-5-10/h1-9H2. The highest BCUT2D eigenvalue weighted by molar-refractivity contribution is 7.91. The summed E-state index contributed by atoms with van der Waals surface area (Å²) in [6.07, 6.45) is 2.41. The Kier molecular flexibility index (Phi) is 4.15. The minimum Gasteiger partial charge on any atom is -0.329 e.